The zero-order valence-electron chi connectivity index (χ0n) is 7.36. The van der Waals surface area contributed by atoms with Gasteiger partial charge in [0.15, 0.2) is 0 Å². The lowest BCUT2D eigenvalue weighted by Crippen LogP contribution is -2.45. The molecule has 1 amide bonds. The molecule has 3 nitrogen and oxygen atoms in total. The molecule has 0 aromatic carbocycles. The van der Waals surface area contributed by atoms with Crippen LogP contribution in [0.2, 0.25) is 0 Å². The number of rotatable bonds is 0. The fraction of sp³-hybridized carbons (Fsp3) is 0.889. The third kappa shape index (κ3) is 1.08. The number of carboxylic acid groups (broad SMARTS) is 1. The van der Waals surface area contributed by atoms with Gasteiger partial charge in [0.25, 0.3) is 0 Å². The van der Waals surface area contributed by atoms with Gasteiger partial charge in [-0.15, -0.1) is 0 Å². The van der Waals surface area contributed by atoms with E-state index in [4.69, 9.17) is 5.11 Å². The second-order valence-corrected chi connectivity index (χ2v) is 4.15. The zero-order chi connectivity index (χ0) is 8.72. The Morgan fingerprint density at radius 1 is 1.33 bits per heavy atom. The summed E-state index contributed by atoms with van der Waals surface area (Å²) in [7, 11) is 0. The van der Waals surface area contributed by atoms with Crippen LogP contribution in [-0.2, 0) is 0 Å². The summed E-state index contributed by atoms with van der Waals surface area (Å²) in [6.45, 7) is 2.23. The van der Waals surface area contributed by atoms with Crippen LogP contribution in [0.4, 0.5) is 4.79 Å². The van der Waals surface area contributed by atoms with Gasteiger partial charge < -0.3 is 10.0 Å². The Morgan fingerprint density at radius 2 is 1.83 bits per heavy atom. The smallest absolute Gasteiger partial charge is 0.407 e. The maximum absolute atomic E-state index is 10.8. The Kier molecular flexibility index (Phi) is 1.74. The minimum absolute atomic E-state index is 0.330. The van der Waals surface area contributed by atoms with Crippen molar-refractivity contribution in [3.05, 3.63) is 0 Å². The van der Waals surface area contributed by atoms with E-state index in [1.165, 1.54) is 0 Å². The normalized spacial score (nSPS) is 40.1. The van der Waals surface area contributed by atoms with Crippen LogP contribution in [0.1, 0.15) is 32.6 Å². The Hall–Kier alpha value is -0.730. The first kappa shape index (κ1) is 7.90. The number of piperidine rings is 1. The van der Waals surface area contributed by atoms with E-state index in [0.29, 0.717) is 12.1 Å². The van der Waals surface area contributed by atoms with Gasteiger partial charge in [-0.2, -0.15) is 0 Å². The van der Waals surface area contributed by atoms with Gasteiger partial charge in [-0.05, 0) is 31.6 Å². The molecule has 0 radical (unpaired) electrons. The summed E-state index contributed by atoms with van der Waals surface area (Å²) >= 11 is 0. The average Bonchev–Trinajstić information content (AvgIpc) is 2.24. The van der Waals surface area contributed by atoms with Crippen molar-refractivity contribution in [1.29, 1.82) is 0 Å². The van der Waals surface area contributed by atoms with Crippen LogP contribution >= 0.6 is 0 Å². The van der Waals surface area contributed by atoms with E-state index in [-0.39, 0.29) is 0 Å². The molecule has 0 spiro atoms. The number of hydrogen-bond acceptors (Lipinski definition) is 1. The Morgan fingerprint density at radius 3 is 2.25 bits per heavy atom. The number of nitrogens with zero attached hydrogens (tertiary/aromatic N) is 1. The van der Waals surface area contributed by atoms with Gasteiger partial charge in [-0.3, -0.25) is 0 Å². The lowest BCUT2D eigenvalue weighted by molar-refractivity contribution is 0.0883. The first-order chi connectivity index (χ1) is 5.68. The van der Waals surface area contributed by atoms with Gasteiger partial charge in [-0.25, -0.2) is 4.79 Å². The second-order valence-electron chi connectivity index (χ2n) is 4.15. The van der Waals surface area contributed by atoms with Crippen LogP contribution in [0.15, 0.2) is 0 Å². The van der Waals surface area contributed by atoms with Crippen LogP contribution in [-0.4, -0.2) is 28.2 Å². The third-order valence-corrected chi connectivity index (χ3v) is 3.19. The van der Waals surface area contributed by atoms with E-state index in [2.05, 4.69) is 6.92 Å². The molecular weight excluding hydrogens is 154 g/mol. The molecule has 2 fully saturated rings. The molecule has 2 bridgehead atoms. The maximum Gasteiger partial charge on any atom is 0.407 e. The molecule has 1 N–H and O–H groups in total. The lowest BCUT2D eigenvalue weighted by Gasteiger charge is -2.35. The van der Waals surface area contributed by atoms with Gasteiger partial charge in [0.1, 0.15) is 0 Å². The molecular formula is C9H15NO2. The van der Waals surface area contributed by atoms with E-state index in [1.807, 2.05) is 0 Å². The summed E-state index contributed by atoms with van der Waals surface area (Å²) in [6.07, 6.45) is 3.60. The third-order valence-electron chi connectivity index (χ3n) is 3.19. The summed E-state index contributed by atoms with van der Waals surface area (Å²) in [6, 6.07) is 0.660. The first-order valence-corrected chi connectivity index (χ1v) is 4.69. The van der Waals surface area contributed by atoms with Crippen molar-refractivity contribution in [2.75, 3.05) is 0 Å². The van der Waals surface area contributed by atoms with E-state index in [0.717, 1.165) is 31.6 Å². The minimum atomic E-state index is -0.714. The molecule has 2 saturated heterocycles. The van der Waals surface area contributed by atoms with Crippen LogP contribution < -0.4 is 0 Å². The number of fused-ring (bicyclic) bond motifs is 2. The molecule has 3 heteroatoms. The van der Waals surface area contributed by atoms with Crippen molar-refractivity contribution in [1.82, 2.24) is 4.90 Å². The van der Waals surface area contributed by atoms with Crippen molar-refractivity contribution in [3.8, 4) is 0 Å². The van der Waals surface area contributed by atoms with Gasteiger partial charge in [0, 0.05) is 12.1 Å². The van der Waals surface area contributed by atoms with Crippen molar-refractivity contribution in [2.45, 2.75) is 44.7 Å². The van der Waals surface area contributed by atoms with Crippen LogP contribution in [0, 0.1) is 5.92 Å². The molecule has 0 aliphatic carbocycles. The van der Waals surface area contributed by atoms with Gasteiger partial charge in [0.05, 0.1) is 0 Å². The van der Waals surface area contributed by atoms with Crippen LogP contribution in [0.25, 0.3) is 0 Å². The molecule has 2 rings (SSSR count). The van der Waals surface area contributed by atoms with Crippen molar-refractivity contribution in [2.24, 2.45) is 5.92 Å². The first-order valence-electron chi connectivity index (χ1n) is 4.69. The molecule has 0 aromatic heterocycles. The quantitative estimate of drug-likeness (QED) is 0.602. The molecule has 2 heterocycles. The van der Waals surface area contributed by atoms with E-state index >= 15 is 0 Å². The molecule has 0 saturated carbocycles. The Balaban J connectivity index is 2.14. The largest absolute Gasteiger partial charge is 0.465 e. The van der Waals surface area contributed by atoms with Gasteiger partial charge >= 0.3 is 6.09 Å². The predicted octanol–water partition coefficient (Wildman–Crippen LogP) is 1.93. The SMILES string of the molecule is CC1CC2CCC(C1)N2C(=O)O. The van der Waals surface area contributed by atoms with Gasteiger partial charge in [-0.1, -0.05) is 6.92 Å². The highest BCUT2D eigenvalue weighted by Gasteiger charge is 2.41. The van der Waals surface area contributed by atoms with Crippen LogP contribution in [0.5, 0.6) is 0 Å². The molecule has 2 aliphatic heterocycles. The second kappa shape index (κ2) is 2.64. The number of amides is 1. The van der Waals surface area contributed by atoms with Crippen LogP contribution in [0.3, 0.4) is 0 Å². The molecule has 0 aromatic rings. The fourth-order valence-corrected chi connectivity index (χ4v) is 2.76. The summed E-state index contributed by atoms with van der Waals surface area (Å²) in [5, 5.41) is 8.93. The van der Waals surface area contributed by atoms with Gasteiger partial charge in [0.2, 0.25) is 0 Å². The topological polar surface area (TPSA) is 40.5 Å². The standard InChI is InChI=1S/C9H15NO2/c1-6-4-7-2-3-8(5-6)10(7)9(11)12/h6-8H,2-5H2,1H3,(H,11,12). The summed E-state index contributed by atoms with van der Waals surface area (Å²) in [5.41, 5.74) is 0. The van der Waals surface area contributed by atoms with Crippen molar-refractivity contribution >= 4 is 6.09 Å². The summed E-state index contributed by atoms with van der Waals surface area (Å²) < 4.78 is 0. The molecule has 12 heavy (non-hydrogen) atoms. The Bertz CT molecular complexity index is 191. The summed E-state index contributed by atoms with van der Waals surface area (Å²) in [5.74, 6) is 0.720. The monoisotopic (exact) mass is 169 g/mol. The summed E-state index contributed by atoms with van der Waals surface area (Å²) in [4.78, 5) is 12.5. The van der Waals surface area contributed by atoms with Crippen molar-refractivity contribution in [3.63, 3.8) is 0 Å². The lowest BCUT2D eigenvalue weighted by atomic mass is 9.93. The molecule has 68 valence electrons. The molecule has 2 atom stereocenters. The highest BCUT2D eigenvalue weighted by atomic mass is 16.4. The molecule has 2 unspecified atom stereocenters. The van der Waals surface area contributed by atoms with E-state index < -0.39 is 6.09 Å². The number of carbonyl (C=O) groups is 1. The molecule has 2 aliphatic rings. The predicted molar refractivity (Wildman–Crippen MR) is 45.1 cm³/mol. The number of hydrogen-bond donors (Lipinski definition) is 1. The Labute approximate surface area is 72.4 Å². The zero-order valence-corrected chi connectivity index (χ0v) is 7.36. The van der Waals surface area contributed by atoms with Crippen molar-refractivity contribution < 1.29 is 9.90 Å². The highest BCUT2D eigenvalue weighted by Crippen LogP contribution is 2.38. The van der Waals surface area contributed by atoms with E-state index in [9.17, 15) is 4.79 Å². The minimum Gasteiger partial charge on any atom is -0.465 e. The fourth-order valence-electron chi connectivity index (χ4n) is 2.76. The van der Waals surface area contributed by atoms with E-state index in [1.54, 1.807) is 4.90 Å². The maximum atomic E-state index is 10.8. The average molecular weight is 169 g/mol. The highest BCUT2D eigenvalue weighted by molar-refractivity contribution is 5.66.